The third-order valence-electron chi connectivity index (χ3n) is 4.07. The lowest BCUT2D eigenvalue weighted by molar-refractivity contribution is -0.911. The van der Waals surface area contributed by atoms with Gasteiger partial charge in [0.15, 0.2) is 4.34 Å². The number of hydrogen-bond acceptors (Lipinski definition) is 5. The Labute approximate surface area is 123 Å². The average Bonchev–Trinajstić information content (AvgIpc) is 3.10. The standard InChI is InChI=1S/C13H22N4S2/c1-17-8-3-2-4-11(17)7-9-18-13-16-15-12(19-13)14-10-5-6-10/h10-11H,2-9H2,1H3,(H,14,15)/p+1/t11-/m1/s1. The molecule has 2 aliphatic rings. The zero-order valence-corrected chi connectivity index (χ0v) is 13.2. The molecule has 4 nitrogen and oxygen atoms in total. The number of hydrogen-bond donors (Lipinski definition) is 2. The first-order valence-corrected chi connectivity index (χ1v) is 9.16. The second-order valence-electron chi connectivity index (χ2n) is 5.72. The van der Waals surface area contributed by atoms with Crippen molar-refractivity contribution in [3.63, 3.8) is 0 Å². The van der Waals surface area contributed by atoms with Gasteiger partial charge in [-0.25, -0.2) is 0 Å². The molecule has 0 bridgehead atoms. The van der Waals surface area contributed by atoms with E-state index in [1.807, 2.05) is 11.8 Å². The van der Waals surface area contributed by atoms with Crippen molar-refractivity contribution in [1.82, 2.24) is 10.2 Å². The fraction of sp³-hybridized carbons (Fsp3) is 0.846. The Hall–Kier alpha value is -0.330. The molecule has 2 fully saturated rings. The van der Waals surface area contributed by atoms with Gasteiger partial charge in [0.05, 0.1) is 19.6 Å². The Morgan fingerprint density at radius 1 is 1.32 bits per heavy atom. The molecular formula is C13H23N4S2+. The Morgan fingerprint density at radius 2 is 2.21 bits per heavy atom. The van der Waals surface area contributed by atoms with Crippen molar-refractivity contribution in [1.29, 1.82) is 0 Å². The van der Waals surface area contributed by atoms with Gasteiger partial charge in [0.25, 0.3) is 0 Å². The Morgan fingerprint density at radius 3 is 3.00 bits per heavy atom. The summed E-state index contributed by atoms with van der Waals surface area (Å²) in [5, 5.41) is 12.9. The van der Waals surface area contributed by atoms with Crippen molar-refractivity contribution in [2.75, 3.05) is 24.7 Å². The highest BCUT2D eigenvalue weighted by atomic mass is 32.2. The molecule has 1 aromatic heterocycles. The Balaban J connectivity index is 1.40. The largest absolute Gasteiger partial charge is 0.357 e. The molecule has 1 unspecified atom stereocenters. The molecule has 2 atom stereocenters. The van der Waals surface area contributed by atoms with Gasteiger partial charge < -0.3 is 10.2 Å². The summed E-state index contributed by atoms with van der Waals surface area (Å²) in [4.78, 5) is 1.72. The molecule has 0 radical (unpaired) electrons. The van der Waals surface area contributed by atoms with Crippen molar-refractivity contribution in [2.45, 2.75) is 54.9 Å². The van der Waals surface area contributed by atoms with E-state index in [1.165, 1.54) is 50.8 Å². The normalized spacial score (nSPS) is 27.4. The average molecular weight is 299 g/mol. The number of thioether (sulfide) groups is 1. The number of aromatic nitrogens is 2. The van der Waals surface area contributed by atoms with E-state index >= 15 is 0 Å². The predicted molar refractivity (Wildman–Crippen MR) is 81.3 cm³/mol. The van der Waals surface area contributed by atoms with Crippen LogP contribution in [0.3, 0.4) is 0 Å². The fourth-order valence-electron chi connectivity index (χ4n) is 2.65. The summed E-state index contributed by atoms with van der Waals surface area (Å²) in [6.07, 6.45) is 8.11. The maximum absolute atomic E-state index is 4.26. The number of nitrogens with one attached hydrogen (secondary N) is 2. The molecule has 0 spiro atoms. The smallest absolute Gasteiger partial charge is 0.206 e. The maximum Gasteiger partial charge on any atom is 0.206 e. The highest BCUT2D eigenvalue weighted by Gasteiger charge is 2.23. The number of rotatable bonds is 6. The minimum Gasteiger partial charge on any atom is -0.357 e. The summed E-state index contributed by atoms with van der Waals surface area (Å²) >= 11 is 3.59. The Kier molecular flexibility index (Phi) is 4.61. The van der Waals surface area contributed by atoms with E-state index in [4.69, 9.17) is 0 Å². The Bertz CT molecular complexity index is 405. The zero-order chi connectivity index (χ0) is 13.1. The van der Waals surface area contributed by atoms with Gasteiger partial charge in [0.1, 0.15) is 0 Å². The van der Waals surface area contributed by atoms with Crippen LogP contribution in [0.15, 0.2) is 4.34 Å². The molecule has 1 aromatic rings. The van der Waals surface area contributed by atoms with Crippen LogP contribution in [0.2, 0.25) is 0 Å². The molecule has 2 N–H and O–H groups in total. The minimum atomic E-state index is 0.672. The van der Waals surface area contributed by atoms with Crippen LogP contribution in [0.25, 0.3) is 0 Å². The summed E-state index contributed by atoms with van der Waals surface area (Å²) in [7, 11) is 2.34. The highest BCUT2D eigenvalue weighted by molar-refractivity contribution is 8.01. The first-order chi connectivity index (χ1) is 9.31. The molecule has 1 saturated carbocycles. The lowest BCUT2D eigenvalue weighted by Crippen LogP contribution is -3.13. The lowest BCUT2D eigenvalue weighted by Gasteiger charge is -2.29. The van der Waals surface area contributed by atoms with Crippen LogP contribution in [-0.2, 0) is 0 Å². The highest BCUT2D eigenvalue weighted by Crippen LogP contribution is 2.30. The van der Waals surface area contributed by atoms with Crippen LogP contribution in [0.5, 0.6) is 0 Å². The van der Waals surface area contributed by atoms with E-state index < -0.39 is 0 Å². The first kappa shape index (κ1) is 13.6. The second-order valence-corrected chi connectivity index (χ2v) is 8.04. The van der Waals surface area contributed by atoms with E-state index in [-0.39, 0.29) is 0 Å². The predicted octanol–water partition coefficient (Wildman–Crippen LogP) is 1.66. The summed E-state index contributed by atoms with van der Waals surface area (Å²) < 4.78 is 1.12. The van der Waals surface area contributed by atoms with Crippen LogP contribution in [0.1, 0.15) is 38.5 Å². The monoisotopic (exact) mass is 299 g/mol. The molecule has 6 heteroatoms. The third kappa shape index (κ3) is 4.07. The van der Waals surface area contributed by atoms with Crippen molar-refractivity contribution in [3.8, 4) is 0 Å². The SMILES string of the molecule is C[NH+]1CCCC[C@@H]1CCSc1nnc(NC2CC2)s1. The van der Waals surface area contributed by atoms with Crippen molar-refractivity contribution in [3.05, 3.63) is 0 Å². The number of likely N-dealkylation sites (tertiary alicyclic amines) is 1. The van der Waals surface area contributed by atoms with E-state index in [9.17, 15) is 0 Å². The van der Waals surface area contributed by atoms with Crippen LogP contribution in [0.4, 0.5) is 5.13 Å². The van der Waals surface area contributed by atoms with Crippen LogP contribution in [0, 0.1) is 0 Å². The number of piperidine rings is 1. The van der Waals surface area contributed by atoms with Crippen LogP contribution >= 0.6 is 23.1 Å². The fourth-order valence-corrected chi connectivity index (χ4v) is 4.61. The summed E-state index contributed by atoms with van der Waals surface area (Å²) in [5.41, 5.74) is 0. The van der Waals surface area contributed by atoms with Crippen molar-refractivity contribution >= 4 is 28.2 Å². The molecule has 19 heavy (non-hydrogen) atoms. The van der Waals surface area contributed by atoms with Gasteiger partial charge in [-0.3, -0.25) is 0 Å². The topological polar surface area (TPSA) is 42.2 Å². The molecule has 1 aliphatic heterocycles. The van der Waals surface area contributed by atoms with Crippen LogP contribution in [-0.4, -0.2) is 41.6 Å². The van der Waals surface area contributed by atoms with E-state index in [1.54, 1.807) is 16.2 Å². The van der Waals surface area contributed by atoms with Crippen molar-refractivity contribution in [2.24, 2.45) is 0 Å². The molecule has 2 heterocycles. The van der Waals surface area contributed by atoms with Gasteiger partial charge in [0.2, 0.25) is 5.13 Å². The molecule has 0 aromatic carbocycles. The second kappa shape index (κ2) is 6.41. The van der Waals surface area contributed by atoms with Gasteiger partial charge in [-0.2, -0.15) is 0 Å². The number of quaternary nitrogens is 1. The first-order valence-electron chi connectivity index (χ1n) is 7.36. The van der Waals surface area contributed by atoms with E-state index in [2.05, 4.69) is 22.6 Å². The summed E-state index contributed by atoms with van der Waals surface area (Å²) in [6, 6.07) is 1.53. The van der Waals surface area contributed by atoms with Crippen molar-refractivity contribution < 1.29 is 4.90 Å². The van der Waals surface area contributed by atoms with Gasteiger partial charge in [-0.05, 0) is 32.1 Å². The van der Waals surface area contributed by atoms with Gasteiger partial charge in [-0.1, -0.05) is 23.1 Å². The quantitative estimate of drug-likeness (QED) is 0.784. The third-order valence-corrected chi connectivity index (χ3v) is 6.09. The molecule has 1 aliphatic carbocycles. The minimum absolute atomic E-state index is 0.672. The summed E-state index contributed by atoms with van der Waals surface area (Å²) in [6.45, 7) is 1.35. The molecule has 106 valence electrons. The maximum atomic E-state index is 4.26. The van der Waals surface area contributed by atoms with E-state index in [0.29, 0.717) is 6.04 Å². The lowest BCUT2D eigenvalue weighted by atomic mass is 10.0. The van der Waals surface area contributed by atoms with Gasteiger partial charge in [-0.15, -0.1) is 10.2 Å². The van der Waals surface area contributed by atoms with Crippen LogP contribution < -0.4 is 10.2 Å². The number of anilines is 1. The molecular weight excluding hydrogens is 276 g/mol. The molecule has 1 saturated heterocycles. The van der Waals surface area contributed by atoms with Gasteiger partial charge >= 0.3 is 0 Å². The molecule has 0 amide bonds. The number of nitrogens with zero attached hydrogens (tertiary/aromatic N) is 2. The molecule has 3 rings (SSSR count). The summed E-state index contributed by atoms with van der Waals surface area (Å²) in [5.74, 6) is 1.18. The zero-order valence-electron chi connectivity index (χ0n) is 11.5. The van der Waals surface area contributed by atoms with E-state index in [0.717, 1.165) is 15.5 Å². The van der Waals surface area contributed by atoms with Gasteiger partial charge in [0, 0.05) is 18.2 Å².